The molecule has 1 rings (SSSR count). The summed E-state index contributed by atoms with van der Waals surface area (Å²) in [6.45, 7) is 3.12. The minimum Gasteiger partial charge on any atom is -0.205 e. The van der Waals surface area contributed by atoms with Crippen LogP contribution in [0.25, 0.3) is 0 Å². The average Bonchev–Trinajstić information content (AvgIpc) is 2.11. The van der Waals surface area contributed by atoms with E-state index in [2.05, 4.69) is 15.9 Å². The fraction of sp³-hybridized carbons (Fsp3) is 0.333. The van der Waals surface area contributed by atoms with E-state index in [1.807, 2.05) is 0 Å². The highest BCUT2D eigenvalue weighted by atomic mass is 79.9. The van der Waals surface area contributed by atoms with E-state index in [1.54, 1.807) is 13.8 Å². The summed E-state index contributed by atoms with van der Waals surface area (Å²) >= 11 is 8.15. The molecular formula is C9H7BrClF3. The predicted octanol–water partition coefficient (Wildman–Crippen LogP) is 4.64. The molecule has 14 heavy (non-hydrogen) atoms. The maximum absolute atomic E-state index is 13.4. The number of hydrogen-bond donors (Lipinski definition) is 0. The Hall–Kier alpha value is -0.220. The monoisotopic (exact) mass is 286 g/mol. The molecule has 0 aromatic heterocycles. The van der Waals surface area contributed by atoms with Crippen molar-refractivity contribution in [1.82, 2.24) is 0 Å². The molecule has 0 heterocycles. The van der Waals surface area contributed by atoms with Gasteiger partial charge >= 0.3 is 0 Å². The summed E-state index contributed by atoms with van der Waals surface area (Å²) in [4.78, 5) is 0. The molecule has 0 unspecified atom stereocenters. The van der Waals surface area contributed by atoms with Crippen molar-refractivity contribution in [3.05, 3.63) is 32.5 Å². The van der Waals surface area contributed by atoms with Gasteiger partial charge in [-0.25, -0.2) is 13.2 Å². The van der Waals surface area contributed by atoms with E-state index >= 15 is 0 Å². The molecule has 78 valence electrons. The van der Waals surface area contributed by atoms with E-state index in [4.69, 9.17) is 11.6 Å². The number of halogens is 5. The van der Waals surface area contributed by atoms with Gasteiger partial charge in [0.2, 0.25) is 0 Å². The van der Waals surface area contributed by atoms with Crippen molar-refractivity contribution in [2.45, 2.75) is 19.8 Å². The molecule has 0 nitrogen and oxygen atoms in total. The maximum Gasteiger partial charge on any atom is 0.175 e. The van der Waals surface area contributed by atoms with Crippen molar-refractivity contribution in [1.29, 1.82) is 0 Å². The zero-order valence-electron chi connectivity index (χ0n) is 7.47. The van der Waals surface area contributed by atoms with Gasteiger partial charge in [-0.1, -0.05) is 25.4 Å². The first-order chi connectivity index (χ1) is 6.37. The number of benzene rings is 1. The van der Waals surface area contributed by atoms with Crippen molar-refractivity contribution in [3.8, 4) is 0 Å². The summed E-state index contributed by atoms with van der Waals surface area (Å²) in [5.41, 5.74) is -0.323. The van der Waals surface area contributed by atoms with Crippen LogP contribution in [0.2, 0.25) is 5.02 Å². The van der Waals surface area contributed by atoms with Crippen molar-refractivity contribution >= 4 is 27.5 Å². The molecule has 0 N–H and O–H groups in total. The van der Waals surface area contributed by atoms with Crippen molar-refractivity contribution in [2.24, 2.45) is 0 Å². The molecule has 0 radical (unpaired) electrons. The molecule has 0 atom stereocenters. The van der Waals surface area contributed by atoms with Gasteiger partial charge in [0.25, 0.3) is 0 Å². The highest BCUT2D eigenvalue weighted by molar-refractivity contribution is 9.10. The van der Waals surface area contributed by atoms with Gasteiger partial charge in [-0.2, -0.15) is 0 Å². The second-order valence-electron chi connectivity index (χ2n) is 3.14. The van der Waals surface area contributed by atoms with Crippen molar-refractivity contribution in [3.63, 3.8) is 0 Å². The molecule has 0 bridgehead atoms. The minimum absolute atomic E-state index is 0.323. The first-order valence-electron chi connectivity index (χ1n) is 3.89. The summed E-state index contributed by atoms with van der Waals surface area (Å²) in [5, 5.41) is -0.424. The number of hydrogen-bond acceptors (Lipinski definition) is 0. The topological polar surface area (TPSA) is 0 Å². The van der Waals surface area contributed by atoms with Gasteiger partial charge in [0.15, 0.2) is 11.6 Å². The second-order valence-corrected chi connectivity index (χ2v) is 4.31. The summed E-state index contributed by atoms with van der Waals surface area (Å²) in [7, 11) is 0. The van der Waals surface area contributed by atoms with Gasteiger partial charge < -0.3 is 0 Å². The molecule has 0 aliphatic carbocycles. The molecule has 1 aromatic rings. The number of rotatable bonds is 1. The lowest BCUT2D eigenvalue weighted by atomic mass is 10.0. The van der Waals surface area contributed by atoms with E-state index in [-0.39, 0.29) is 10.0 Å². The summed E-state index contributed by atoms with van der Waals surface area (Å²) in [5.74, 6) is -3.71. The Morgan fingerprint density at radius 2 is 1.57 bits per heavy atom. The first kappa shape index (κ1) is 11.9. The third kappa shape index (κ3) is 1.77. The van der Waals surface area contributed by atoms with Crippen LogP contribution in [-0.2, 0) is 0 Å². The van der Waals surface area contributed by atoms with E-state index < -0.39 is 28.4 Å². The lowest BCUT2D eigenvalue weighted by Gasteiger charge is -2.11. The maximum atomic E-state index is 13.4. The van der Waals surface area contributed by atoms with Gasteiger partial charge in [0.1, 0.15) is 5.82 Å². The first-order valence-corrected chi connectivity index (χ1v) is 5.06. The Morgan fingerprint density at radius 1 is 1.07 bits per heavy atom. The average molecular weight is 288 g/mol. The quantitative estimate of drug-likeness (QED) is 0.521. The minimum atomic E-state index is -1.19. The Morgan fingerprint density at radius 3 is 2.00 bits per heavy atom. The Kier molecular flexibility index (Phi) is 3.48. The van der Waals surface area contributed by atoms with Crippen LogP contribution in [0, 0.1) is 17.5 Å². The predicted molar refractivity (Wildman–Crippen MR) is 53.1 cm³/mol. The van der Waals surface area contributed by atoms with Crippen LogP contribution in [0.1, 0.15) is 25.3 Å². The van der Waals surface area contributed by atoms with Crippen LogP contribution in [0.5, 0.6) is 0 Å². The molecule has 0 aliphatic rings. The zero-order chi connectivity index (χ0) is 11.0. The smallest absolute Gasteiger partial charge is 0.175 e. The molecule has 5 heteroatoms. The van der Waals surface area contributed by atoms with E-state index in [1.165, 1.54) is 0 Å². The van der Waals surface area contributed by atoms with E-state index in [9.17, 15) is 13.2 Å². The van der Waals surface area contributed by atoms with E-state index in [0.29, 0.717) is 0 Å². The van der Waals surface area contributed by atoms with Gasteiger partial charge in [-0.05, 0) is 21.8 Å². The van der Waals surface area contributed by atoms with Crippen molar-refractivity contribution < 1.29 is 13.2 Å². The largest absolute Gasteiger partial charge is 0.205 e. The molecule has 0 saturated carbocycles. The molecular weight excluding hydrogens is 280 g/mol. The molecule has 0 saturated heterocycles. The van der Waals surface area contributed by atoms with Gasteiger partial charge in [-0.15, -0.1) is 0 Å². The Balaban J connectivity index is 3.60. The molecule has 1 aromatic carbocycles. The normalized spacial score (nSPS) is 11.1. The standard InChI is InChI=1S/C9H7BrClF3/c1-3(2)4-7(12)6(11)5(10)9(14)8(4)13/h3H,1-2H3. The Bertz CT molecular complexity index is 348. The van der Waals surface area contributed by atoms with E-state index in [0.717, 1.165) is 0 Å². The zero-order valence-corrected chi connectivity index (χ0v) is 9.81. The lowest BCUT2D eigenvalue weighted by Crippen LogP contribution is -2.03. The highest BCUT2D eigenvalue weighted by Crippen LogP contribution is 2.35. The third-order valence-electron chi connectivity index (χ3n) is 1.82. The van der Waals surface area contributed by atoms with Crippen LogP contribution < -0.4 is 0 Å². The summed E-state index contributed by atoms with van der Waals surface area (Å²) < 4.78 is 39.4. The summed E-state index contributed by atoms with van der Waals surface area (Å²) in [6.07, 6.45) is 0. The third-order valence-corrected chi connectivity index (χ3v) is 3.15. The molecule has 0 spiro atoms. The SMILES string of the molecule is CC(C)c1c(F)c(F)c(Br)c(Cl)c1F. The van der Waals surface area contributed by atoms with Gasteiger partial charge in [0.05, 0.1) is 9.50 Å². The fourth-order valence-corrected chi connectivity index (χ4v) is 1.66. The van der Waals surface area contributed by atoms with Crippen molar-refractivity contribution in [2.75, 3.05) is 0 Å². The summed E-state index contributed by atoms with van der Waals surface area (Å²) in [6, 6.07) is 0. The van der Waals surface area contributed by atoms with Crippen LogP contribution in [0.4, 0.5) is 13.2 Å². The Labute approximate surface area is 93.2 Å². The molecule has 0 amide bonds. The molecule has 0 aliphatic heterocycles. The fourth-order valence-electron chi connectivity index (χ4n) is 1.13. The lowest BCUT2D eigenvalue weighted by molar-refractivity contribution is 0.468. The van der Waals surface area contributed by atoms with Crippen LogP contribution in [-0.4, -0.2) is 0 Å². The van der Waals surface area contributed by atoms with Gasteiger partial charge in [0, 0.05) is 5.56 Å². The van der Waals surface area contributed by atoms with Gasteiger partial charge in [-0.3, -0.25) is 0 Å². The van der Waals surface area contributed by atoms with Crippen LogP contribution in [0.3, 0.4) is 0 Å². The van der Waals surface area contributed by atoms with Crippen LogP contribution >= 0.6 is 27.5 Å². The second kappa shape index (κ2) is 4.11. The van der Waals surface area contributed by atoms with Crippen LogP contribution in [0.15, 0.2) is 4.47 Å². The molecule has 0 fully saturated rings. The highest BCUT2D eigenvalue weighted by Gasteiger charge is 2.24.